The fourth-order valence-corrected chi connectivity index (χ4v) is 0.643. The van der Waals surface area contributed by atoms with Gasteiger partial charge in [0.15, 0.2) is 0 Å². The Kier molecular flexibility index (Phi) is 6.95. The minimum absolute atomic E-state index is 0.0354. The van der Waals surface area contributed by atoms with Gasteiger partial charge in [-0.05, 0) is 13.8 Å². The van der Waals surface area contributed by atoms with E-state index in [0.29, 0.717) is 5.57 Å². The SMILES string of the molecule is [CH2]C(O)COC(=O)NCCOC(=O)C(=C)C. The predicted molar refractivity (Wildman–Crippen MR) is 56.5 cm³/mol. The smallest absolute Gasteiger partial charge is 0.407 e. The molecule has 0 saturated carbocycles. The Morgan fingerprint density at radius 2 is 2.06 bits per heavy atom. The fraction of sp³-hybridized carbons (Fsp3) is 0.500. The molecule has 0 aliphatic carbocycles. The van der Waals surface area contributed by atoms with Gasteiger partial charge in [0.2, 0.25) is 0 Å². The molecule has 1 unspecified atom stereocenters. The molecule has 91 valence electrons. The molecular weight excluding hydrogens is 214 g/mol. The third-order valence-electron chi connectivity index (χ3n) is 1.36. The van der Waals surface area contributed by atoms with Gasteiger partial charge in [0.1, 0.15) is 13.2 Å². The highest BCUT2D eigenvalue weighted by Gasteiger charge is 2.05. The van der Waals surface area contributed by atoms with Gasteiger partial charge in [0.25, 0.3) is 0 Å². The van der Waals surface area contributed by atoms with E-state index >= 15 is 0 Å². The van der Waals surface area contributed by atoms with Gasteiger partial charge in [-0.25, -0.2) is 9.59 Å². The Hall–Kier alpha value is -1.56. The first-order valence-corrected chi connectivity index (χ1v) is 4.68. The second-order valence-corrected chi connectivity index (χ2v) is 3.10. The number of aliphatic hydroxyl groups excluding tert-OH is 1. The van der Waals surface area contributed by atoms with Gasteiger partial charge in [-0.2, -0.15) is 0 Å². The van der Waals surface area contributed by atoms with E-state index in [-0.39, 0.29) is 19.8 Å². The second-order valence-electron chi connectivity index (χ2n) is 3.10. The summed E-state index contributed by atoms with van der Waals surface area (Å²) >= 11 is 0. The van der Waals surface area contributed by atoms with Crippen LogP contribution in [0.3, 0.4) is 0 Å². The summed E-state index contributed by atoms with van der Waals surface area (Å²) in [5, 5.41) is 11.0. The highest BCUT2D eigenvalue weighted by atomic mass is 16.6. The van der Waals surface area contributed by atoms with Gasteiger partial charge in [0.05, 0.1) is 12.6 Å². The van der Waals surface area contributed by atoms with Crippen molar-refractivity contribution in [1.29, 1.82) is 0 Å². The minimum Gasteiger partial charge on any atom is -0.460 e. The van der Waals surface area contributed by atoms with Crippen molar-refractivity contribution in [3.05, 3.63) is 19.1 Å². The Labute approximate surface area is 94.2 Å². The fourth-order valence-electron chi connectivity index (χ4n) is 0.643. The van der Waals surface area contributed by atoms with Gasteiger partial charge >= 0.3 is 12.1 Å². The predicted octanol–water partition coefficient (Wildman–Crippen LogP) is 0.0269. The van der Waals surface area contributed by atoms with Crippen molar-refractivity contribution >= 4 is 12.1 Å². The number of nitrogens with one attached hydrogen (secondary N) is 1. The van der Waals surface area contributed by atoms with E-state index < -0.39 is 18.2 Å². The van der Waals surface area contributed by atoms with Crippen LogP contribution in [0.1, 0.15) is 6.92 Å². The van der Waals surface area contributed by atoms with Gasteiger partial charge in [-0.1, -0.05) is 6.58 Å². The molecule has 0 heterocycles. The van der Waals surface area contributed by atoms with Crippen molar-refractivity contribution in [2.24, 2.45) is 0 Å². The zero-order valence-corrected chi connectivity index (χ0v) is 9.19. The minimum atomic E-state index is -0.952. The number of ether oxygens (including phenoxy) is 2. The molecule has 16 heavy (non-hydrogen) atoms. The molecule has 0 aromatic heterocycles. The van der Waals surface area contributed by atoms with Crippen molar-refractivity contribution in [2.75, 3.05) is 19.8 Å². The molecule has 0 aliphatic rings. The lowest BCUT2D eigenvalue weighted by atomic mass is 10.4. The van der Waals surface area contributed by atoms with Gasteiger partial charge < -0.3 is 19.9 Å². The maximum atomic E-state index is 10.9. The first kappa shape index (κ1) is 14.4. The number of aliphatic hydroxyl groups is 1. The zero-order valence-electron chi connectivity index (χ0n) is 9.19. The first-order chi connectivity index (χ1) is 7.43. The van der Waals surface area contributed by atoms with E-state index in [1.807, 2.05) is 0 Å². The maximum Gasteiger partial charge on any atom is 0.407 e. The monoisotopic (exact) mass is 230 g/mol. The molecule has 0 aromatic carbocycles. The Bertz CT molecular complexity index is 262. The number of amides is 1. The summed E-state index contributed by atoms with van der Waals surface area (Å²) in [6.07, 6.45) is -1.65. The summed E-state index contributed by atoms with van der Waals surface area (Å²) in [5.41, 5.74) is 0.294. The van der Waals surface area contributed by atoms with Gasteiger partial charge in [0, 0.05) is 5.57 Å². The first-order valence-electron chi connectivity index (χ1n) is 4.68. The van der Waals surface area contributed by atoms with Crippen LogP contribution >= 0.6 is 0 Å². The molecule has 6 nitrogen and oxygen atoms in total. The number of carbonyl (C=O) groups is 2. The van der Waals surface area contributed by atoms with E-state index in [2.05, 4.69) is 23.6 Å². The van der Waals surface area contributed by atoms with E-state index in [9.17, 15) is 9.59 Å². The average Bonchev–Trinajstić information content (AvgIpc) is 2.20. The summed E-state index contributed by atoms with van der Waals surface area (Å²) in [6.45, 7) is 8.13. The lowest BCUT2D eigenvalue weighted by Gasteiger charge is -2.08. The number of rotatable bonds is 6. The summed E-state index contributed by atoms with van der Waals surface area (Å²) < 4.78 is 9.25. The van der Waals surface area contributed by atoms with Crippen molar-refractivity contribution in [2.45, 2.75) is 13.0 Å². The Morgan fingerprint density at radius 3 is 2.56 bits per heavy atom. The highest BCUT2D eigenvalue weighted by molar-refractivity contribution is 5.86. The molecule has 1 atom stereocenters. The molecule has 0 rings (SSSR count). The molecule has 2 N–H and O–H groups in total. The van der Waals surface area contributed by atoms with Crippen LogP contribution in [0.15, 0.2) is 12.2 Å². The molecule has 6 heteroatoms. The molecule has 1 radical (unpaired) electrons. The Balaban J connectivity index is 3.48. The number of hydrogen-bond acceptors (Lipinski definition) is 5. The summed E-state index contributed by atoms with van der Waals surface area (Å²) in [4.78, 5) is 21.8. The van der Waals surface area contributed by atoms with E-state index in [1.165, 1.54) is 6.92 Å². The molecular formula is C10H16NO5. The number of carbonyl (C=O) groups excluding carboxylic acids is 2. The standard InChI is InChI=1S/C10H16NO5/c1-7(2)9(13)15-5-4-11-10(14)16-6-8(3)12/h8,12H,1,3-6H2,2H3,(H,11,14). The lowest BCUT2D eigenvalue weighted by Crippen LogP contribution is -2.30. The molecule has 0 fully saturated rings. The van der Waals surface area contributed by atoms with Gasteiger partial charge in [-0.15, -0.1) is 0 Å². The molecule has 0 saturated heterocycles. The Morgan fingerprint density at radius 1 is 1.44 bits per heavy atom. The molecule has 0 bridgehead atoms. The summed E-state index contributed by atoms with van der Waals surface area (Å²) in [6, 6.07) is 0. The van der Waals surface area contributed by atoms with Crippen LogP contribution in [0.4, 0.5) is 4.79 Å². The normalized spacial score (nSPS) is 11.4. The van der Waals surface area contributed by atoms with Crippen LogP contribution < -0.4 is 5.32 Å². The topological polar surface area (TPSA) is 84.9 Å². The second kappa shape index (κ2) is 7.70. The van der Waals surface area contributed by atoms with Crippen molar-refractivity contribution < 1.29 is 24.2 Å². The molecule has 0 spiro atoms. The van der Waals surface area contributed by atoms with E-state index in [1.54, 1.807) is 0 Å². The van der Waals surface area contributed by atoms with E-state index in [4.69, 9.17) is 9.84 Å². The largest absolute Gasteiger partial charge is 0.460 e. The molecule has 1 amide bonds. The van der Waals surface area contributed by atoms with Crippen molar-refractivity contribution in [1.82, 2.24) is 5.32 Å². The van der Waals surface area contributed by atoms with Crippen LogP contribution in [0.5, 0.6) is 0 Å². The quantitative estimate of drug-likeness (QED) is 0.382. The van der Waals surface area contributed by atoms with Crippen LogP contribution in [-0.2, 0) is 14.3 Å². The van der Waals surface area contributed by atoms with Crippen LogP contribution in [-0.4, -0.2) is 43.0 Å². The summed E-state index contributed by atoms with van der Waals surface area (Å²) in [5.74, 6) is -0.511. The maximum absolute atomic E-state index is 10.9. The van der Waals surface area contributed by atoms with Crippen LogP contribution in [0.2, 0.25) is 0 Å². The van der Waals surface area contributed by atoms with Crippen molar-refractivity contribution in [3.63, 3.8) is 0 Å². The lowest BCUT2D eigenvalue weighted by molar-refractivity contribution is -0.138. The van der Waals surface area contributed by atoms with Crippen LogP contribution in [0.25, 0.3) is 0 Å². The number of alkyl carbamates (subject to hydrolysis) is 1. The molecule has 0 aromatic rings. The number of hydrogen-bond donors (Lipinski definition) is 2. The van der Waals surface area contributed by atoms with Crippen LogP contribution in [0, 0.1) is 6.92 Å². The van der Waals surface area contributed by atoms with E-state index in [0.717, 1.165) is 0 Å². The third kappa shape index (κ3) is 7.81. The highest BCUT2D eigenvalue weighted by Crippen LogP contribution is 1.90. The zero-order chi connectivity index (χ0) is 12.6. The average molecular weight is 230 g/mol. The van der Waals surface area contributed by atoms with Gasteiger partial charge in [-0.3, -0.25) is 0 Å². The number of esters is 1. The summed E-state index contributed by atoms with van der Waals surface area (Å²) in [7, 11) is 0. The van der Waals surface area contributed by atoms with Crippen molar-refractivity contribution in [3.8, 4) is 0 Å². The molecule has 0 aliphatic heterocycles. The third-order valence-corrected chi connectivity index (χ3v) is 1.36.